The Labute approximate surface area is 242 Å². The van der Waals surface area contributed by atoms with Crippen molar-refractivity contribution in [3.05, 3.63) is 123 Å². The molecule has 42 heavy (non-hydrogen) atoms. The lowest BCUT2D eigenvalue weighted by atomic mass is 10.0. The van der Waals surface area contributed by atoms with E-state index < -0.39 is 6.04 Å². The maximum Gasteiger partial charge on any atom is 0.264 e. The van der Waals surface area contributed by atoms with Gasteiger partial charge in [0.1, 0.15) is 5.56 Å². The summed E-state index contributed by atoms with van der Waals surface area (Å²) in [6.07, 6.45) is 3.51. The number of rotatable bonds is 4. The molecule has 0 saturated heterocycles. The fourth-order valence-electron chi connectivity index (χ4n) is 5.31. The number of carbonyl (C=O) groups is 1. The van der Waals surface area contributed by atoms with Gasteiger partial charge in [0.2, 0.25) is 0 Å². The Morgan fingerprint density at radius 1 is 1.00 bits per heavy atom. The van der Waals surface area contributed by atoms with Gasteiger partial charge < -0.3 is 5.32 Å². The third kappa shape index (κ3) is 4.73. The third-order valence-electron chi connectivity index (χ3n) is 7.22. The number of aryl methyl sites for hydroxylation is 4. The highest BCUT2D eigenvalue weighted by Gasteiger charge is 2.24. The molecular weight excluding hydrogens is 526 g/mol. The van der Waals surface area contributed by atoms with Crippen molar-refractivity contribution in [2.45, 2.75) is 33.7 Å². The van der Waals surface area contributed by atoms with Crippen LogP contribution < -0.4 is 10.9 Å². The van der Waals surface area contributed by atoms with Gasteiger partial charge in [-0.2, -0.15) is 10.2 Å². The van der Waals surface area contributed by atoms with Crippen molar-refractivity contribution in [3.63, 3.8) is 0 Å². The minimum atomic E-state index is -0.528. The Bertz CT molecular complexity index is 2130. The van der Waals surface area contributed by atoms with Crippen LogP contribution in [0.25, 0.3) is 22.1 Å². The molecule has 0 aliphatic heterocycles. The SMILES string of the molecule is Cc1cc(C)n2nc(C)c(C(=O)N[C@H](C)c3cc4cccc(C#Cc5cnn(C)c5)c4c(=O)n3-c3ccccc3)c2n1. The van der Waals surface area contributed by atoms with E-state index in [4.69, 9.17) is 0 Å². The van der Waals surface area contributed by atoms with Crippen molar-refractivity contribution in [2.24, 2.45) is 7.05 Å². The summed E-state index contributed by atoms with van der Waals surface area (Å²) in [7, 11) is 1.83. The molecule has 1 atom stereocenters. The van der Waals surface area contributed by atoms with E-state index in [1.54, 1.807) is 26.9 Å². The Kier molecular flexibility index (Phi) is 6.67. The highest BCUT2D eigenvalue weighted by atomic mass is 16.2. The molecule has 1 amide bonds. The number of carbonyl (C=O) groups excluding carboxylic acids is 1. The first-order valence-electron chi connectivity index (χ1n) is 13.6. The van der Waals surface area contributed by atoms with Crippen molar-refractivity contribution in [2.75, 3.05) is 0 Å². The second-order valence-corrected chi connectivity index (χ2v) is 10.4. The van der Waals surface area contributed by atoms with Crippen molar-refractivity contribution < 1.29 is 4.79 Å². The normalized spacial score (nSPS) is 11.8. The fourth-order valence-corrected chi connectivity index (χ4v) is 5.31. The molecule has 2 aromatic carbocycles. The van der Waals surface area contributed by atoms with Crippen LogP contribution in [0.4, 0.5) is 0 Å². The highest BCUT2D eigenvalue weighted by molar-refractivity contribution is 6.01. The van der Waals surface area contributed by atoms with Crippen LogP contribution in [0.15, 0.2) is 77.9 Å². The Balaban J connectivity index is 1.47. The van der Waals surface area contributed by atoms with Crippen LogP contribution in [0.1, 0.15) is 57.2 Å². The minimum Gasteiger partial charge on any atom is -0.344 e. The molecule has 0 spiro atoms. The molecule has 1 N–H and O–H groups in total. The van der Waals surface area contributed by atoms with Crippen molar-refractivity contribution in [3.8, 4) is 17.5 Å². The molecule has 0 saturated carbocycles. The Morgan fingerprint density at radius 3 is 2.52 bits per heavy atom. The minimum absolute atomic E-state index is 0.217. The van der Waals surface area contributed by atoms with E-state index in [1.165, 1.54) is 0 Å². The first-order chi connectivity index (χ1) is 20.2. The number of pyridine rings is 1. The van der Waals surface area contributed by atoms with Crippen molar-refractivity contribution in [1.29, 1.82) is 0 Å². The Hall–Kier alpha value is -5.49. The van der Waals surface area contributed by atoms with Crippen LogP contribution in [0.3, 0.4) is 0 Å². The van der Waals surface area contributed by atoms with E-state index in [0.717, 1.165) is 22.3 Å². The predicted molar refractivity (Wildman–Crippen MR) is 162 cm³/mol. The first-order valence-corrected chi connectivity index (χ1v) is 13.6. The van der Waals surface area contributed by atoms with Gasteiger partial charge >= 0.3 is 0 Å². The molecule has 6 rings (SSSR count). The lowest BCUT2D eigenvalue weighted by Crippen LogP contribution is -2.32. The van der Waals surface area contributed by atoms with E-state index in [-0.39, 0.29) is 11.5 Å². The zero-order chi connectivity index (χ0) is 29.5. The summed E-state index contributed by atoms with van der Waals surface area (Å²) >= 11 is 0. The molecular formula is C33H29N7O2. The van der Waals surface area contributed by atoms with E-state index in [0.29, 0.717) is 39.2 Å². The van der Waals surface area contributed by atoms with Crippen LogP contribution in [-0.4, -0.2) is 34.9 Å². The van der Waals surface area contributed by atoms with Gasteiger partial charge in [0.15, 0.2) is 5.65 Å². The summed E-state index contributed by atoms with van der Waals surface area (Å²) in [6.45, 7) is 7.49. The molecule has 9 heteroatoms. The van der Waals surface area contributed by atoms with Gasteiger partial charge in [-0.3, -0.25) is 18.8 Å². The van der Waals surface area contributed by atoms with Gasteiger partial charge in [-0.25, -0.2) is 9.50 Å². The maximum atomic E-state index is 14.3. The second kappa shape index (κ2) is 10.5. The fraction of sp³-hybridized carbons (Fsp3) is 0.182. The van der Waals surface area contributed by atoms with Crippen LogP contribution in [0.5, 0.6) is 0 Å². The molecule has 0 bridgehead atoms. The van der Waals surface area contributed by atoms with E-state index >= 15 is 0 Å². The van der Waals surface area contributed by atoms with E-state index in [2.05, 4.69) is 32.3 Å². The summed E-state index contributed by atoms with van der Waals surface area (Å²) in [4.78, 5) is 32.5. The van der Waals surface area contributed by atoms with Gasteiger partial charge in [0, 0.05) is 41.6 Å². The number of hydrogen-bond acceptors (Lipinski definition) is 5. The third-order valence-corrected chi connectivity index (χ3v) is 7.22. The number of benzene rings is 2. The molecule has 0 aliphatic rings. The van der Waals surface area contributed by atoms with Crippen molar-refractivity contribution >= 4 is 22.3 Å². The van der Waals surface area contributed by atoms with Gasteiger partial charge in [-0.05, 0) is 63.4 Å². The monoisotopic (exact) mass is 555 g/mol. The van der Waals surface area contributed by atoms with Crippen LogP contribution in [-0.2, 0) is 7.05 Å². The standard InChI is InChI=1S/C33H29N7O2/c1-20-16-21(2)40-31(35-20)29(23(4)37-40)32(41)36-22(3)28-17-26-11-9-10-25(15-14-24-18-34-38(5)19-24)30(26)33(42)39(28)27-12-7-6-8-13-27/h6-13,16-19,22H,1-5H3,(H,36,41)/t22-/m1/s1. The molecule has 4 heterocycles. The number of fused-ring (bicyclic) bond motifs is 2. The number of hydrogen-bond donors (Lipinski definition) is 1. The van der Waals surface area contributed by atoms with Gasteiger partial charge in [0.25, 0.3) is 11.5 Å². The van der Waals surface area contributed by atoms with E-state index in [9.17, 15) is 9.59 Å². The largest absolute Gasteiger partial charge is 0.344 e. The topological polar surface area (TPSA) is 99.1 Å². The molecule has 0 fully saturated rings. The molecule has 0 radical (unpaired) electrons. The zero-order valence-corrected chi connectivity index (χ0v) is 24.0. The molecule has 4 aromatic heterocycles. The summed E-state index contributed by atoms with van der Waals surface area (Å²) in [5, 5.41) is 13.1. The number of amides is 1. The lowest BCUT2D eigenvalue weighted by molar-refractivity contribution is 0.0939. The summed E-state index contributed by atoms with van der Waals surface area (Å²) in [6, 6.07) is 18.4. The average Bonchev–Trinajstić information content (AvgIpc) is 3.53. The molecule has 208 valence electrons. The number of aromatic nitrogens is 6. The van der Waals surface area contributed by atoms with Crippen LogP contribution >= 0.6 is 0 Å². The smallest absolute Gasteiger partial charge is 0.264 e. The summed E-state index contributed by atoms with van der Waals surface area (Å²) in [5.74, 6) is 5.97. The average molecular weight is 556 g/mol. The van der Waals surface area contributed by atoms with Gasteiger partial charge in [-0.15, -0.1) is 0 Å². The lowest BCUT2D eigenvalue weighted by Gasteiger charge is -2.21. The van der Waals surface area contributed by atoms with Crippen LogP contribution in [0.2, 0.25) is 0 Å². The molecule has 0 unspecified atom stereocenters. The Morgan fingerprint density at radius 2 is 1.79 bits per heavy atom. The molecule has 9 nitrogen and oxygen atoms in total. The molecule has 0 aliphatic carbocycles. The van der Waals surface area contributed by atoms with Crippen molar-refractivity contribution in [1.82, 2.24) is 34.3 Å². The summed E-state index contributed by atoms with van der Waals surface area (Å²) in [5.41, 5.74) is 5.68. The highest BCUT2D eigenvalue weighted by Crippen LogP contribution is 2.24. The molecule has 6 aromatic rings. The predicted octanol–water partition coefficient (Wildman–Crippen LogP) is 4.58. The first kappa shape index (κ1) is 26.7. The quantitative estimate of drug-likeness (QED) is 0.321. The van der Waals surface area contributed by atoms with Gasteiger partial charge in [0.05, 0.1) is 28.9 Å². The zero-order valence-electron chi connectivity index (χ0n) is 24.0. The number of nitrogens with one attached hydrogen (secondary N) is 1. The summed E-state index contributed by atoms with van der Waals surface area (Å²) < 4.78 is 5.02. The van der Waals surface area contributed by atoms with E-state index in [1.807, 2.05) is 94.7 Å². The second-order valence-electron chi connectivity index (χ2n) is 10.4. The number of para-hydroxylation sites is 1. The maximum absolute atomic E-state index is 14.3. The number of nitrogens with zero attached hydrogens (tertiary/aromatic N) is 6. The van der Waals surface area contributed by atoms with Gasteiger partial charge in [-0.1, -0.05) is 42.2 Å². The van der Waals surface area contributed by atoms with Crippen LogP contribution in [0, 0.1) is 32.6 Å².